The number of sulfonamides is 1. The van der Waals surface area contributed by atoms with Gasteiger partial charge in [-0.3, -0.25) is 4.72 Å². The van der Waals surface area contributed by atoms with E-state index in [0.717, 1.165) is 6.07 Å². The summed E-state index contributed by atoms with van der Waals surface area (Å²) in [5.74, 6) is -0.652. The first-order valence-electron chi connectivity index (χ1n) is 4.29. The van der Waals surface area contributed by atoms with Gasteiger partial charge in [-0.1, -0.05) is 11.6 Å². The molecule has 0 aliphatic carbocycles. The third kappa shape index (κ3) is 3.07. The van der Waals surface area contributed by atoms with E-state index in [1.165, 1.54) is 26.0 Å². The second-order valence-electron chi connectivity index (χ2n) is 3.32. The number of rotatable bonds is 3. The summed E-state index contributed by atoms with van der Waals surface area (Å²) >= 11 is 5.46. The van der Waals surface area contributed by atoms with Gasteiger partial charge in [-0.25, -0.2) is 12.8 Å². The molecule has 0 unspecified atom stereocenters. The van der Waals surface area contributed by atoms with E-state index in [2.05, 4.69) is 4.72 Å². The van der Waals surface area contributed by atoms with Crippen molar-refractivity contribution in [3.8, 4) is 0 Å². The van der Waals surface area contributed by atoms with E-state index in [9.17, 15) is 12.8 Å². The summed E-state index contributed by atoms with van der Waals surface area (Å²) in [6.45, 7) is 3.07. The van der Waals surface area contributed by atoms with Crippen LogP contribution in [0.2, 0.25) is 5.02 Å². The summed E-state index contributed by atoms with van der Waals surface area (Å²) in [6, 6.07) is 3.75. The summed E-state index contributed by atoms with van der Waals surface area (Å²) in [4.78, 5) is 0. The fourth-order valence-electron chi connectivity index (χ4n) is 0.842. The predicted molar refractivity (Wildman–Crippen MR) is 59.1 cm³/mol. The van der Waals surface area contributed by atoms with Crippen LogP contribution in [0.3, 0.4) is 0 Å². The van der Waals surface area contributed by atoms with Crippen LogP contribution in [0.15, 0.2) is 18.2 Å². The Morgan fingerprint density at radius 1 is 1.40 bits per heavy atom. The quantitative estimate of drug-likeness (QED) is 0.898. The van der Waals surface area contributed by atoms with E-state index in [1.54, 1.807) is 0 Å². The lowest BCUT2D eigenvalue weighted by Gasteiger charge is -2.10. The zero-order chi connectivity index (χ0) is 11.6. The highest BCUT2D eigenvalue weighted by molar-refractivity contribution is 7.93. The minimum Gasteiger partial charge on any atom is -0.283 e. The molecule has 1 rings (SSSR count). The highest BCUT2D eigenvalue weighted by Gasteiger charge is 2.15. The lowest BCUT2D eigenvalue weighted by atomic mass is 10.3. The van der Waals surface area contributed by atoms with Crippen molar-refractivity contribution in [3.05, 3.63) is 29.0 Å². The van der Waals surface area contributed by atoms with E-state index in [1.807, 2.05) is 0 Å². The zero-order valence-electron chi connectivity index (χ0n) is 8.29. The molecule has 0 aromatic heterocycles. The smallest absolute Gasteiger partial charge is 0.235 e. The van der Waals surface area contributed by atoms with Crippen molar-refractivity contribution >= 4 is 27.3 Å². The Kier molecular flexibility index (Phi) is 3.57. The fourth-order valence-corrected chi connectivity index (χ4v) is 1.65. The van der Waals surface area contributed by atoms with Gasteiger partial charge in [-0.2, -0.15) is 0 Å². The maximum atomic E-state index is 13.0. The molecule has 0 bridgehead atoms. The van der Waals surface area contributed by atoms with Crippen LogP contribution in [0.5, 0.6) is 0 Å². The van der Waals surface area contributed by atoms with Crippen molar-refractivity contribution in [2.75, 3.05) is 4.72 Å². The molecule has 0 atom stereocenters. The highest BCUT2D eigenvalue weighted by atomic mass is 35.5. The zero-order valence-corrected chi connectivity index (χ0v) is 9.86. The van der Waals surface area contributed by atoms with Crippen molar-refractivity contribution in [1.29, 1.82) is 0 Å². The molecule has 0 saturated carbocycles. The van der Waals surface area contributed by atoms with Crippen molar-refractivity contribution in [3.63, 3.8) is 0 Å². The van der Waals surface area contributed by atoms with Crippen LogP contribution < -0.4 is 4.72 Å². The van der Waals surface area contributed by atoms with Gasteiger partial charge in [0.1, 0.15) is 5.82 Å². The minimum atomic E-state index is -3.44. The number of hydrogen-bond acceptors (Lipinski definition) is 2. The molecule has 0 aliphatic rings. The van der Waals surface area contributed by atoms with Gasteiger partial charge in [0.2, 0.25) is 10.0 Å². The predicted octanol–water partition coefficient (Wildman–Crippen LogP) is 2.63. The van der Waals surface area contributed by atoms with Crippen LogP contribution in [0.4, 0.5) is 10.1 Å². The van der Waals surface area contributed by atoms with E-state index in [-0.39, 0.29) is 10.7 Å². The molecule has 0 radical (unpaired) electrons. The van der Waals surface area contributed by atoms with Gasteiger partial charge < -0.3 is 0 Å². The van der Waals surface area contributed by atoms with Crippen LogP contribution in [-0.2, 0) is 10.0 Å². The molecule has 3 nitrogen and oxygen atoms in total. The first-order chi connectivity index (χ1) is 6.83. The molecule has 84 valence electrons. The maximum Gasteiger partial charge on any atom is 0.235 e. The first-order valence-corrected chi connectivity index (χ1v) is 6.22. The van der Waals surface area contributed by atoms with Crippen molar-refractivity contribution in [2.24, 2.45) is 0 Å². The third-order valence-electron chi connectivity index (χ3n) is 1.80. The normalized spacial score (nSPS) is 11.8. The van der Waals surface area contributed by atoms with E-state index in [4.69, 9.17) is 11.6 Å². The van der Waals surface area contributed by atoms with Gasteiger partial charge in [0, 0.05) is 0 Å². The van der Waals surface area contributed by atoms with Gasteiger partial charge in [0.05, 0.1) is 16.0 Å². The Hall–Kier alpha value is -0.810. The van der Waals surface area contributed by atoms with Crippen LogP contribution >= 0.6 is 11.6 Å². The molecule has 6 heteroatoms. The number of anilines is 1. The summed E-state index contributed by atoms with van der Waals surface area (Å²) in [5.41, 5.74) is 0.172. The summed E-state index contributed by atoms with van der Waals surface area (Å²) in [7, 11) is -3.44. The third-order valence-corrected chi connectivity index (χ3v) is 3.87. The fraction of sp³-hybridized carbons (Fsp3) is 0.333. The summed E-state index contributed by atoms with van der Waals surface area (Å²) in [5, 5.41) is -0.612. The lowest BCUT2D eigenvalue weighted by molar-refractivity contribution is 0.592. The molecule has 0 heterocycles. The van der Waals surface area contributed by atoms with E-state index in [0.29, 0.717) is 0 Å². The Labute approximate surface area is 93.3 Å². The first kappa shape index (κ1) is 12.3. The molecular formula is C9H11ClFNO2S. The highest BCUT2D eigenvalue weighted by Crippen LogP contribution is 2.20. The number of nitrogens with one attached hydrogen (secondary N) is 1. The monoisotopic (exact) mass is 251 g/mol. The van der Waals surface area contributed by atoms with Crippen molar-refractivity contribution in [1.82, 2.24) is 0 Å². The number of benzene rings is 1. The van der Waals surface area contributed by atoms with Gasteiger partial charge in [0.25, 0.3) is 0 Å². The molecule has 1 aromatic rings. The molecule has 1 aromatic carbocycles. The van der Waals surface area contributed by atoms with Crippen LogP contribution in [0, 0.1) is 5.82 Å². The average molecular weight is 252 g/mol. The van der Waals surface area contributed by atoms with Crippen LogP contribution in [-0.4, -0.2) is 13.7 Å². The molecule has 15 heavy (non-hydrogen) atoms. The molecule has 0 amide bonds. The molecular weight excluding hydrogens is 241 g/mol. The second-order valence-corrected chi connectivity index (χ2v) is 5.97. The Morgan fingerprint density at radius 3 is 2.47 bits per heavy atom. The molecule has 0 fully saturated rings. The minimum absolute atomic E-state index is 0.0394. The van der Waals surface area contributed by atoms with Crippen LogP contribution in [0.1, 0.15) is 13.8 Å². The SMILES string of the molecule is CC(C)S(=O)(=O)Nc1ccc(Cl)c(F)c1. The van der Waals surface area contributed by atoms with Gasteiger partial charge in [-0.15, -0.1) is 0 Å². The van der Waals surface area contributed by atoms with E-state index >= 15 is 0 Å². The van der Waals surface area contributed by atoms with Gasteiger partial charge in [-0.05, 0) is 32.0 Å². The van der Waals surface area contributed by atoms with Gasteiger partial charge in [0.15, 0.2) is 0 Å². The molecule has 0 spiro atoms. The Bertz CT molecular complexity index is 459. The summed E-state index contributed by atoms with van der Waals surface area (Å²) < 4.78 is 38.1. The van der Waals surface area contributed by atoms with Crippen molar-refractivity contribution in [2.45, 2.75) is 19.1 Å². The average Bonchev–Trinajstić information content (AvgIpc) is 2.10. The Morgan fingerprint density at radius 2 is 2.00 bits per heavy atom. The molecule has 0 aliphatic heterocycles. The van der Waals surface area contributed by atoms with Gasteiger partial charge >= 0.3 is 0 Å². The number of halogens is 2. The second kappa shape index (κ2) is 4.37. The maximum absolute atomic E-state index is 13.0. The largest absolute Gasteiger partial charge is 0.283 e. The topological polar surface area (TPSA) is 46.2 Å². The number of hydrogen-bond donors (Lipinski definition) is 1. The van der Waals surface area contributed by atoms with Crippen molar-refractivity contribution < 1.29 is 12.8 Å². The summed E-state index contributed by atoms with van der Waals surface area (Å²) in [6.07, 6.45) is 0. The Balaban J connectivity index is 2.96. The lowest BCUT2D eigenvalue weighted by Crippen LogP contribution is -2.22. The van der Waals surface area contributed by atoms with Crippen LogP contribution in [0.25, 0.3) is 0 Å². The molecule has 1 N–H and O–H groups in total. The standard InChI is InChI=1S/C9H11ClFNO2S/c1-6(2)15(13,14)12-7-3-4-8(10)9(11)5-7/h3-6,12H,1-2H3. The molecule has 0 saturated heterocycles. The van der Waals surface area contributed by atoms with E-state index < -0.39 is 21.1 Å².